The summed E-state index contributed by atoms with van der Waals surface area (Å²) < 4.78 is 9.41. The largest absolute Gasteiger partial charge is 0.467 e. The smallest absolute Gasteiger partial charge is 0.324 e. The molecule has 0 atom stereocenters. The number of hydrogen-bond donors (Lipinski definition) is 2. The lowest BCUT2D eigenvalue weighted by atomic mass is 10.9. The standard InChI is InChI=1S/C5H8N4O3/c1-11-4-6-3(9-10)7-5(8-4)12-2/h10H,1-2H3,(H,6,7,8,9). The van der Waals surface area contributed by atoms with E-state index in [2.05, 4.69) is 15.0 Å². The molecule has 0 aliphatic rings. The van der Waals surface area contributed by atoms with Crippen molar-refractivity contribution in [2.45, 2.75) is 0 Å². The summed E-state index contributed by atoms with van der Waals surface area (Å²) in [6.45, 7) is 0. The SMILES string of the molecule is COc1nc(NO)nc(OC)n1. The molecule has 0 spiro atoms. The van der Waals surface area contributed by atoms with E-state index in [0.29, 0.717) is 0 Å². The second-order valence-electron chi connectivity index (χ2n) is 1.74. The van der Waals surface area contributed by atoms with Crippen molar-refractivity contribution < 1.29 is 14.7 Å². The maximum atomic E-state index is 8.46. The highest BCUT2D eigenvalue weighted by Crippen LogP contribution is 2.10. The average molecular weight is 172 g/mol. The van der Waals surface area contributed by atoms with E-state index in [0.717, 1.165) is 0 Å². The number of anilines is 1. The highest BCUT2D eigenvalue weighted by Gasteiger charge is 2.04. The molecule has 1 heterocycles. The molecule has 12 heavy (non-hydrogen) atoms. The van der Waals surface area contributed by atoms with Gasteiger partial charge >= 0.3 is 12.0 Å². The molecule has 1 aromatic rings. The quantitative estimate of drug-likeness (QED) is 0.604. The van der Waals surface area contributed by atoms with Crippen molar-refractivity contribution in [1.29, 1.82) is 0 Å². The van der Waals surface area contributed by atoms with Crippen molar-refractivity contribution in [3.05, 3.63) is 0 Å². The van der Waals surface area contributed by atoms with Gasteiger partial charge in [0, 0.05) is 0 Å². The van der Waals surface area contributed by atoms with Crippen molar-refractivity contribution >= 4 is 5.95 Å². The van der Waals surface area contributed by atoms with Crippen LogP contribution >= 0.6 is 0 Å². The summed E-state index contributed by atoms with van der Waals surface area (Å²) in [6, 6.07) is 0.136. The van der Waals surface area contributed by atoms with Gasteiger partial charge in [0.05, 0.1) is 14.2 Å². The Bertz CT molecular complexity index is 212. The predicted octanol–water partition coefficient (Wildman–Crippen LogP) is -0.310. The molecule has 0 aliphatic carbocycles. The highest BCUT2D eigenvalue weighted by molar-refractivity contribution is 5.23. The van der Waals surface area contributed by atoms with Crippen molar-refractivity contribution in [2.24, 2.45) is 0 Å². The van der Waals surface area contributed by atoms with Crippen LogP contribution in [-0.4, -0.2) is 34.4 Å². The van der Waals surface area contributed by atoms with E-state index in [1.807, 2.05) is 0 Å². The minimum atomic E-state index is -0.0290. The van der Waals surface area contributed by atoms with Crippen LogP contribution in [-0.2, 0) is 0 Å². The van der Waals surface area contributed by atoms with Crippen LogP contribution in [0.15, 0.2) is 0 Å². The molecule has 0 radical (unpaired) electrons. The van der Waals surface area contributed by atoms with Crippen molar-refractivity contribution in [2.75, 3.05) is 19.7 Å². The van der Waals surface area contributed by atoms with Gasteiger partial charge in [0.15, 0.2) is 0 Å². The zero-order valence-corrected chi connectivity index (χ0v) is 6.61. The monoisotopic (exact) mass is 172 g/mol. The van der Waals surface area contributed by atoms with Gasteiger partial charge in [-0.05, 0) is 0 Å². The zero-order valence-electron chi connectivity index (χ0n) is 6.61. The molecule has 7 heteroatoms. The molecule has 2 N–H and O–H groups in total. The summed E-state index contributed by atoms with van der Waals surface area (Å²) in [6.07, 6.45) is 0. The molecule has 0 saturated heterocycles. The Morgan fingerprint density at radius 2 is 1.58 bits per heavy atom. The first kappa shape index (κ1) is 8.47. The Morgan fingerprint density at radius 3 is 1.92 bits per heavy atom. The number of aromatic nitrogens is 3. The summed E-state index contributed by atoms with van der Waals surface area (Å²) in [7, 11) is 2.80. The second kappa shape index (κ2) is 3.67. The molecule has 0 aliphatic heterocycles. The topological polar surface area (TPSA) is 89.4 Å². The normalized spacial score (nSPS) is 9.25. The van der Waals surface area contributed by atoms with Gasteiger partial charge in [0.1, 0.15) is 0 Å². The lowest BCUT2D eigenvalue weighted by Gasteiger charge is -2.02. The van der Waals surface area contributed by atoms with Gasteiger partial charge in [-0.1, -0.05) is 0 Å². The van der Waals surface area contributed by atoms with Crippen LogP contribution in [0.3, 0.4) is 0 Å². The van der Waals surface area contributed by atoms with Gasteiger partial charge in [0.25, 0.3) is 5.95 Å². The maximum absolute atomic E-state index is 8.46. The molecule has 0 aromatic carbocycles. The van der Waals surface area contributed by atoms with Crippen LogP contribution in [0.2, 0.25) is 0 Å². The molecule has 7 nitrogen and oxygen atoms in total. The number of rotatable bonds is 3. The van der Waals surface area contributed by atoms with Crippen molar-refractivity contribution in [3.8, 4) is 12.0 Å². The molecular weight excluding hydrogens is 164 g/mol. The Hall–Kier alpha value is -1.63. The summed E-state index contributed by atoms with van der Waals surface area (Å²) in [5, 5.41) is 8.46. The molecule has 0 unspecified atom stereocenters. The van der Waals surface area contributed by atoms with Crippen molar-refractivity contribution in [1.82, 2.24) is 15.0 Å². The Kier molecular flexibility index (Phi) is 2.59. The first-order valence-corrected chi connectivity index (χ1v) is 3.04. The molecule has 66 valence electrons. The maximum Gasteiger partial charge on any atom is 0.324 e. The van der Waals surface area contributed by atoms with E-state index in [1.54, 1.807) is 5.48 Å². The third-order valence-electron chi connectivity index (χ3n) is 1.06. The molecule has 1 rings (SSSR count). The second-order valence-corrected chi connectivity index (χ2v) is 1.74. The van der Waals surface area contributed by atoms with Crippen LogP contribution in [0.1, 0.15) is 0 Å². The van der Waals surface area contributed by atoms with Gasteiger partial charge in [0.2, 0.25) is 0 Å². The minimum absolute atomic E-state index is 0.0290. The summed E-state index contributed by atoms with van der Waals surface area (Å²) in [4.78, 5) is 11.0. The first-order chi connectivity index (χ1) is 5.80. The summed E-state index contributed by atoms with van der Waals surface area (Å²) in [5.41, 5.74) is 1.75. The van der Waals surface area contributed by atoms with Crippen LogP contribution in [0, 0.1) is 0 Å². The highest BCUT2D eigenvalue weighted by atomic mass is 16.5. The predicted molar refractivity (Wildman–Crippen MR) is 38.3 cm³/mol. The third kappa shape index (κ3) is 1.70. The Balaban J connectivity index is 3.01. The van der Waals surface area contributed by atoms with Crippen LogP contribution < -0.4 is 15.0 Å². The molecular formula is C5H8N4O3. The molecule has 0 amide bonds. The lowest BCUT2D eigenvalue weighted by Crippen LogP contribution is -2.03. The fourth-order valence-corrected chi connectivity index (χ4v) is 0.571. The first-order valence-electron chi connectivity index (χ1n) is 3.04. The number of hydrogen-bond acceptors (Lipinski definition) is 7. The van der Waals surface area contributed by atoms with Crippen molar-refractivity contribution in [3.63, 3.8) is 0 Å². The van der Waals surface area contributed by atoms with Gasteiger partial charge in [-0.15, -0.1) is 4.98 Å². The Morgan fingerprint density at radius 1 is 1.08 bits per heavy atom. The molecule has 1 aromatic heterocycles. The van der Waals surface area contributed by atoms with Gasteiger partial charge in [-0.3, -0.25) is 5.21 Å². The van der Waals surface area contributed by atoms with Crippen LogP contribution in [0.25, 0.3) is 0 Å². The van der Waals surface area contributed by atoms with E-state index in [9.17, 15) is 0 Å². The van der Waals surface area contributed by atoms with E-state index in [4.69, 9.17) is 14.7 Å². The summed E-state index contributed by atoms with van der Waals surface area (Å²) >= 11 is 0. The number of nitrogens with one attached hydrogen (secondary N) is 1. The van der Waals surface area contributed by atoms with E-state index in [-0.39, 0.29) is 18.0 Å². The molecule has 0 fully saturated rings. The average Bonchev–Trinajstić information content (AvgIpc) is 2.16. The fraction of sp³-hybridized carbons (Fsp3) is 0.400. The van der Waals surface area contributed by atoms with E-state index >= 15 is 0 Å². The lowest BCUT2D eigenvalue weighted by molar-refractivity contribution is 0.331. The van der Waals surface area contributed by atoms with Crippen LogP contribution in [0.5, 0.6) is 12.0 Å². The number of ether oxygens (including phenoxy) is 2. The molecule has 0 bridgehead atoms. The van der Waals surface area contributed by atoms with Gasteiger partial charge < -0.3 is 9.47 Å². The summed E-state index contributed by atoms with van der Waals surface area (Å²) in [5.74, 6) is -0.0290. The zero-order chi connectivity index (χ0) is 8.97. The third-order valence-corrected chi connectivity index (χ3v) is 1.06. The number of methoxy groups -OCH3 is 2. The Labute approximate surface area is 68.3 Å². The van der Waals surface area contributed by atoms with E-state index in [1.165, 1.54) is 14.2 Å². The van der Waals surface area contributed by atoms with E-state index < -0.39 is 0 Å². The number of nitrogens with zero attached hydrogens (tertiary/aromatic N) is 3. The molecule has 0 saturated carbocycles. The van der Waals surface area contributed by atoms with Gasteiger partial charge in [-0.2, -0.15) is 9.97 Å². The minimum Gasteiger partial charge on any atom is -0.467 e. The fourth-order valence-electron chi connectivity index (χ4n) is 0.571. The van der Waals surface area contributed by atoms with Crippen LogP contribution in [0.4, 0.5) is 5.95 Å². The van der Waals surface area contributed by atoms with Gasteiger partial charge in [-0.25, -0.2) is 5.48 Å².